The minimum Gasteiger partial charge on any atom is -0.352 e. The van der Waals surface area contributed by atoms with Gasteiger partial charge in [-0.3, -0.25) is 0 Å². The van der Waals surface area contributed by atoms with Crippen LogP contribution in [0.2, 0.25) is 0 Å². The van der Waals surface area contributed by atoms with Crippen molar-refractivity contribution in [2.45, 2.75) is 36.9 Å². The molecule has 6 nitrogen and oxygen atoms in total. The highest BCUT2D eigenvalue weighted by atomic mass is 32.2. The van der Waals surface area contributed by atoms with E-state index in [9.17, 15) is 8.42 Å². The van der Waals surface area contributed by atoms with Crippen LogP contribution in [-0.2, 0) is 23.1 Å². The second kappa shape index (κ2) is 8.54. The Hall–Kier alpha value is -2.38. The number of guanidine groups is 1. The highest BCUT2D eigenvalue weighted by Gasteiger charge is 2.27. The van der Waals surface area contributed by atoms with Crippen molar-refractivity contribution < 1.29 is 8.42 Å². The second-order valence-corrected chi connectivity index (χ2v) is 8.63. The van der Waals surface area contributed by atoms with Crippen molar-refractivity contribution in [3.63, 3.8) is 0 Å². The lowest BCUT2D eigenvalue weighted by molar-refractivity contribution is 0.578. The molecule has 144 valence electrons. The number of sulfonamides is 1. The van der Waals surface area contributed by atoms with Crippen molar-refractivity contribution in [1.29, 1.82) is 0 Å². The van der Waals surface area contributed by atoms with E-state index in [2.05, 4.69) is 15.0 Å². The molecule has 0 bridgehead atoms. The zero-order valence-electron chi connectivity index (χ0n) is 15.7. The average Bonchev–Trinajstić information content (AvgIpc) is 3.46. The van der Waals surface area contributed by atoms with Crippen LogP contribution in [0.3, 0.4) is 0 Å². The number of hydrogen-bond acceptors (Lipinski definition) is 3. The SMILES string of the molecule is CN(C)C(=NCc1ccccc1)NCc1ccc(S(=O)(=O)NC2CC2)cc1. The van der Waals surface area contributed by atoms with Crippen LogP contribution < -0.4 is 10.0 Å². The molecule has 0 heterocycles. The van der Waals surface area contributed by atoms with Gasteiger partial charge in [0, 0.05) is 26.7 Å². The Morgan fingerprint density at radius 3 is 2.30 bits per heavy atom. The number of aliphatic imine (C=N–C) groups is 1. The van der Waals surface area contributed by atoms with Crippen molar-refractivity contribution in [1.82, 2.24) is 14.9 Å². The van der Waals surface area contributed by atoms with Gasteiger partial charge >= 0.3 is 0 Å². The fourth-order valence-corrected chi connectivity index (χ4v) is 3.87. The Morgan fingerprint density at radius 1 is 1.04 bits per heavy atom. The van der Waals surface area contributed by atoms with Gasteiger partial charge in [-0.2, -0.15) is 0 Å². The molecule has 0 spiro atoms. The molecule has 27 heavy (non-hydrogen) atoms. The van der Waals surface area contributed by atoms with Crippen LogP contribution in [0.15, 0.2) is 64.5 Å². The fraction of sp³-hybridized carbons (Fsp3) is 0.350. The summed E-state index contributed by atoms with van der Waals surface area (Å²) in [7, 11) is 0.481. The second-order valence-electron chi connectivity index (χ2n) is 6.91. The molecule has 2 N–H and O–H groups in total. The van der Waals surface area contributed by atoms with E-state index in [0.29, 0.717) is 18.0 Å². The van der Waals surface area contributed by atoms with Crippen LogP contribution in [-0.4, -0.2) is 39.4 Å². The third kappa shape index (κ3) is 5.80. The van der Waals surface area contributed by atoms with Crippen molar-refractivity contribution in [3.05, 3.63) is 65.7 Å². The summed E-state index contributed by atoms with van der Waals surface area (Å²) in [5.74, 6) is 0.783. The van der Waals surface area contributed by atoms with E-state index in [1.54, 1.807) is 12.1 Å². The van der Waals surface area contributed by atoms with Gasteiger partial charge in [0.1, 0.15) is 0 Å². The van der Waals surface area contributed by atoms with E-state index in [0.717, 1.165) is 29.9 Å². The molecule has 0 aliphatic heterocycles. The summed E-state index contributed by atoms with van der Waals surface area (Å²) < 4.78 is 27.1. The van der Waals surface area contributed by atoms with Crippen molar-refractivity contribution in [3.8, 4) is 0 Å². The standard InChI is InChI=1S/C20H26N4O2S/c1-24(2)20(21-14-16-6-4-3-5-7-16)22-15-17-8-12-19(13-9-17)27(25,26)23-18-10-11-18/h3-9,12-13,18,23H,10-11,14-15H2,1-2H3,(H,21,22). The van der Waals surface area contributed by atoms with E-state index in [1.165, 1.54) is 0 Å². The topological polar surface area (TPSA) is 73.8 Å². The third-order valence-corrected chi connectivity index (χ3v) is 5.80. The van der Waals surface area contributed by atoms with E-state index in [4.69, 9.17) is 0 Å². The largest absolute Gasteiger partial charge is 0.352 e. The highest BCUT2D eigenvalue weighted by molar-refractivity contribution is 7.89. The molecule has 2 aromatic carbocycles. The quantitative estimate of drug-likeness (QED) is 0.566. The molecular weight excluding hydrogens is 360 g/mol. The first-order valence-corrected chi connectivity index (χ1v) is 10.5. The lowest BCUT2D eigenvalue weighted by Gasteiger charge is -2.18. The number of benzene rings is 2. The maximum absolute atomic E-state index is 12.2. The Kier molecular flexibility index (Phi) is 6.13. The van der Waals surface area contributed by atoms with Crippen molar-refractivity contribution in [2.24, 2.45) is 4.99 Å². The molecule has 1 aliphatic rings. The van der Waals surface area contributed by atoms with Crippen molar-refractivity contribution >= 4 is 16.0 Å². The monoisotopic (exact) mass is 386 g/mol. The van der Waals surface area contributed by atoms with Gasteiger partial charge in [-0.25, -0.2) is 18.1 Å². The summed E-state index contributed by atoms with van der Waals surface area (Å²) in [6, 6.07) is 17.2. The molecular formula is C20H26N4O2S. The Labute approximate surface area is 161 Å². The zero-order valence-corrected chi connectivity index (χ0v) is 16.5. The van der Waals surface area contributed by atoms with Gasteiger partial charge in [0.25, 0.3) is 0 Å². The Morgan fingerprint density at radius 2 is 1.70 bits per heavy atom. The molecule has 0 atom stereocenters. The molecule has 0 saturated heterocycles. The molecule has 0 radical (unpaired) electrons. The molecule has 3 rings (SSSR count). The molecule has 0 amide bonds. The van der Waals surface area contributed by atoms with E-state index < -0.39 is 10.0 Å². The minimum atomic E-state index is -3.40. The van der Waals surface area contributed by atoms with Gasteiger partial charge in [-0.05, 0) is 36.1 Å². The lowest BCUT2D eigenvalue weighted by atomic mass is 10.2. The maximum Gasteiger partial charge on any atom is 0.240 e. The predicted octanol–water partition coefficient (Wildman–Crippen LogP) is 2.33. The van der Waals surface area contributed by atoms with E-state index in [-0.39, 0.29) is 6.04 Å². The van der Waals surface area contributed by atoms with E-state index >= 15 is 0 Å². The smallest absolute Gasteiger partial charge is 0.240 e. The summed E-state index contributed by atoms with van der Waals surface area (Å²) in [5, 5.41) is 3.32. The minimum absolute atomic E-state index is 0.111. The Bertz CT molecular complexity index is 874. The van der Waals surface area contributed by atoms with E-state index in [1.807, 2.05) is 61.5 Å². The highest BCUT2D eigenvalue weighted by Crippen LogP contribution is 2.22. The summed E-state index contributed by atoms with van der Waals surface area (Å²) in [6.07, 6.45) is 1.85. The molecule has 7 heteroatoms. The number of nitrogens with one attached hydrogen (secondary N) is 2. The molecule has 0 unspecified atom stereocenters. The first-order valence-electron chi connectivity index (χ1n) is 9.05. The van der Waals surface area contributed by atoms with Gasteiger partial charge in [0.15, 0.2) is 5.96 Å². The lowest BCUT2D eigenvalue weighted by Crippen LogP contribution is -2.36. The molecule has 2 aromatic rings. The first kappa shape index (κ1) is 19.4. The van der Waals surface area contributed by atoms with Gasteiger partial charge in [-0.15, -0.1) is 0 Å². The van der Waals surface area contributed by atoms with Crippen LogP contribution in [0.5, 0.6) is 0 Å². The van der Waals surface area contributed by atoms with Crippen LogP contribution >= 0.6 is 0 Å². The summed E-state index contributed by atoms with van der Waals surface area (Å²) in [6.45, 7) is 1.17. The fourth-order valence-electron chi connectivity index (χ4n) is 2.56. The van der Waals surface area contributed by atoms with Gasteiger partial charge < -0.3 is 10.2 Å². The van der Waals surface area contributed by atoms with Gasteiger partial charge in [0.05, 0.1) is 11.4 Å². The summed E-state index contributed by atoms with van der Waals surface area (Å²) in [4.78, 5) is 6.87. The van der Waals surface area contributed by atoms with Crippen LogP contribution in [0.4, 0.5) is 0 Å². The normalized spacial score (nSPS) is 14.8. The van der Waals surface area contributed by atoms with Gasteiger partial charge in [-0.1, -0.05) is 42.5 Å². The molecule has 1 fully saturated rings. The van der Waals surface area contributed by atoms with Crippen molar-refractivity contribution in [2.75, 3.05) is 14.1 Å². The molecule has 1 saturated carbocycles. The van der Waals surface area contributed by atoms with Crippen LogP contribution in [0, 0.1) is 0 Å². The average molecular weight is 387 g/mol. The number of rotatable bonds is 7. The predicted molar refractivity (Wildman–Crippen MR) is 108 cm³/mol. The molecule has 1 aliphatic carbocycles. The summed E-state index contributed by atoms with van der Waals surface area (Å²) in [5.41, 5.74) is 2.14. The maximum atomic E-state index is 12.2. The van der Waals surface area contributed by atoms with Crippen LogP contribution in [0.1, 0.15) is 24.0 Å². The zero-order chi connectivity index (χ0) is 19.3. The number of nitrogens with zero attached hydrogens (tertiary/aromatic N) is 2. The first-order chi connectivity index (χ1) is 12.9. The van der Waals surface area contributed by atoms with Gasteiger partial charge in [0.2, 0.25) is 10.0 Å². The summed E-state index contributed by atoms with van der Waals surface area (Å²) >= 11 is 0. The Balaban J connectivity index is 1.60. The third-order valence-electron chi connectivity index (χ3n) is 4.26. The van der Waals surface area contributed by atoms with Crippen LogP contribution in [0.25, 0.3) is 0 Å². The number of hydrogen-bond donors (Lipinski definition) is 2. The molecule has 0 aromatic heterocycles.